The van der Waals surface area contributed by atoms with E-state index in [9.17, 15) is 19.2 Å². The summed E-state index contributed by atoms with van der Waals surface area (Å²) < 4.78 is 11.3. The Labute approximate surface area is 189 Å². The minimum atomic E-state index is -0.921. The summed E-state index contributed by atoms with van der Waals surface area (Å²) in [6.07, 6.45) is 0.532. The van der Waals surface area contributed by atoms with Gasteiger partial charge in [0.2, 0.25) is 11.8 Å². The predicted octanol–water partition coefficient (Wildman–Crippen LogP) is 1.18. The summed E-state index contributed by atoms with van der Waals surface area (Å²) in [7, 11) is 0. The van der Waals surface area contributed by atoms with Gasteiger partial charge in [-0.2, -0.15) is 0 Å². The number of nitrogens with zero attached hydrogens (tertiary/aromatic N) is 2. The van der Waals surface area contributed by atoms with Crippen molar-refractivity contribution < 1.29 is 38.9 Å². The maximum atomic E-state index is 12.8. The van der Waals surface area contributed by atoms with Gasteiger partial charge in [0.1, 0.15) is 0 Å². The van der Waals surface area contributed by atoms with Gasteiger partial charge in [-0.15, -0.1) is 0 Å². The Morgan fingerprint density at radius 1 is 0.625 bits per heavy atom. The van der Waals surface area contributed by atoms with E-state index in [0.29, 0.717) is 52.6 Å². The molecule has 0 aromatic carbocycles. The molecule has 4 atom stereocenters. The third-order valence-electron chi connectivity index (χ3n) is 5.75. The topological polar surface area (TPSA) is 134 Å². The molecular formula is C22H38N2O8. The lowest BCUT2D eigenvalue weighted by Gasteiger charge is -2.29. The summed E-state index contributed by atoms with van der Waals surface area (Å²) >= 11 is 0. The van der Waals surface area contributed by atoms with E-state index in [2.05, 4.69) is 0 Å². The van der Waals surface area contributed by atoms with Gasteiger partial charge >= 0.3 is 11.9 Å². The Kier molecular flexibility index (Phi) is 12.2. The molecule has 2 amide bonds. The molecule has 0 aromatic rings. The van der Waals surface area contributed by atoms with E-state index in [1.807, 2.05) is 0 Å². The van der Waals surface area contributed by atoms with Crippen LogP contribution in [-0.2, 0) is 28.7 Å². The third kappa shape index (κ3) is 9.52. The molecule has 0 saturated carbocycles. The molecule has 184 valence electrons. The Morgan fingerprint density at radius 2 is 0.906 bits per heavy atom. The van der Waals surface area contributed by atoms with E-state index in [1.54, 1.807) is 37.5 Å². The Hall–Kier alpha value is -2.20. The fourth-order valence-electron chi connectivity index (χ4n) is 3.65. The highest BCUT2D eigenvalue weighted by atomic mass is 16.5. The molecule has 10 heteroatoms. The Balaban J connectivity index is 2.60. The lowest BCUT2D eigenvalue weighted by molar-refractivity contribution is -0.144. The van der Waals surface area contributed by atoms with Crippen molar-refractivity contribution in [1.29, 1.82) is 0 Å². The van der Waals surface area contributed by atoms with Crippen LogP contribution in [0.15, 0.2) is 0 Å². The van der Waals surface area contributed by atoms with Crippen LogP contribution >= 0.6 is 0 Å². The average Bonchev–Trinajstić information content (AvgIpc) is 2.72. The molecule has 32 heavy (non-hydrogen) atoms. The van der Waals surface area contributed by atoms with Crippen LogP contribution < -0.4 is 0 Å². The number of carbonyl (C=O) groups excluding carboxylic acids is 2. The van der Waals surface area contributed by atoms with Gasteiger partial charge in [0, 0.05) is 38.0 Å². The van der Waals surface area contributed by atoms with Gasteiger partial charge in [-0.1, -0.05) is 27.7 Å². The van der Waals surface area contributed by atoms with Crippen LogP contribution in [0.4, 0.5) is 0 Å². The van der Waals surface area contributed by atoms with Crippen molar-refractivity contribution in [3.8, 4) is 0 Å². The van der Waals surface area contributed by atoms with Crippen LogP contribution in [0.25, 0.3) is 0 Å². The molecule has 1 rings (SSSR count). The monoisotopic (exact) mass is 458 g/mol. The number of carboxylic acids is 2. The van der Waals surface area contributed by atoms with Crippen molar-refractivity contribution in [2.45, 2.75) is 40.5 Å². The van der Waals surface area contributed by atoms with Crippen LogP contribution in [-0.4, -0.2) is 96.4 Å². The van der Waals surface area contributed by atoms with E-state index in [4.69, 9.17) is 19.7 Å². The molecule has 0 aliphatic carbocycles. The fraction of sp³-hybridized carbons (Fsp3) is 0.818. The number of ether oxygens (including phenoxy) is 2. The standard InChI is InChI=1S/C22H38N2O8/c1-15(13-17(3)21(27)28)19(25)23-5-9-31-11-7-24(8-12-32-10-6-23)20(26)16(2)14-18(4)22(29)30/h15-18H,5-14H2,1-4H3,(H,27,28)(H,29,30)/t15-,16-,17-,18+/m0/s1. The normalized spacial score (nSPS) is 20.2. The van der Waals surface area contributed by atoms with Gasteiger partial charge in [0.15, 0.2) is 0 Å². The number of carboxylic acid groups (broad SMARTS) is 2. The van der Waals surface area contributed by atoms with Crippen molar-refractivity contribution in [1.82, 2.24) is 9.80 Å². The number of aliphatic carboxylic acids is 2. The predicted molar refractivity (Wildman–Crippen MR) is 116 cm³/mol. The average molecular weight is 459 g/mol. The zero-order valence-corrected chi connectivity index (χ0v) is 19.6. The molecule has 0 unspecified atom stereocenters. The Bertz CT molecular complexity index is 575. The second-order valence-electron chi connectivity index (χ2n) is 8.63. The van der Waals surface area contributed by atoms with Crippen LogP contribution in [0.3, 0.4) is 0 Å². The van der Waals surface area contributed by atoms with Crippen molar-refractivity contribution in [3.63, 3.8) is 0 Å². The highest BCUT2D eigenvalue weighted by Gasteiger charge is 2.26. The van der Waals surface area contributed by atoms with Gasteiger partial charge in [-0.05, 0) is 12.8 Å². The first-order valence-electron chi connectivity index (χ1n) is 11.2. The van der Waals surface area contributed by atoms with Crippen LogP contribution in [0, 0.1) is 23.7 Å². The summed E-state index contributed by atoms with van der Waals surface area (Å²) in [6.45, 7) is 9.23. The van der Waals surface area contributed by atoms with Gasteiger partial charge in [0.25, 0.3) is 0 Å². The van der Waals surface area contributed by atoms with Crippen molar-refractivity contribution in [2.24, 2.45) is 23.7 Å². The molecule has 1 aliphatic heterocycles. The third-order valence-corrected chi connectivity index (χ3v) is 5.75. The lowest BCUT2D eigenvalue weighted by atomic mass is 9.96. The van der Waals surface area contributed by atoms with Gasteiger partial charge in [0.05, 0.1) is 38.3 Å². The smallest absolute Gasteiger partial charge is 0.306 e. The molecule has 10 nitrogen and oxygen atoms in total. The highest BCUT2D eigenvalue weighted by molar-refractivity contribution is 5.80. The largest absolute Gasteiger partial charge is 0.481 e. The van der Waals surface area contributed by atoms with Gasteiger partial charge in [-0.25, -0.2) is 0 Å². The first-order valence-corrected chi connectivity index (χ1v) is 11.2. The van der Waals surface area contributed by atoms with Crippen molar-refractivity contribution in [2.75, 3.05) is 52.6 Å². The van der Waals surface area contributed by atoms with E-state index in [-0.39, 0.29) is 24.7 Å². The molecule has 1 heterocycles. The minimum absolute atomic E-state index is 0.125. The summed E-state index contributed by atoms with van der Waals surface area (Å²) in [4.78, 5) is 50.9. The highest BCUT2D eigenvalue weighted by Crippen LogP contribution is 2.16. The van der Waals surface area contributed by atoms with Crippen molar-refractivity contribution in [3.05, 3.63) is 0 Å². The van der Waals surface area contributed by atoms with E-state index in [0.717, 1.165) is 0 Å². The summed E-state index contributed by atoms with van der Waals surface area (Å²) in [5.41, 5.74) is 0. The first kappa shape index (κ1) is 27.8. The number of amides is 2. The maximum Gasteiger partial charge on any atom is 0.306 e. The number of hydrogen-bond donors (Lipinski definition) is 2. The van der Waals surface area contributed by atoms with Crippen LogP contribution in [0.1, 0.15) is 40.5 Å². The summed E-state index contributed by atoms with van der Waals surface area (Å²) in [6, 6.07) is 0. The number of hydrogen-bond acceptors (Lipinski definition) is 6. The SMILES string of the molecule is C[C@H](C[C@H](C)C(=O)N1CCOCCN(C(=O)[C@@H](C)C[C@H](C)C(=O)O)CCOCC1)C(=O)O. The van der Waals surface area contributed by atoms with E-state index < -0.39 is 35.6 Å². The lowest BCUT2D eigenvalue weighted by Crippen LogP contribution is -2.43. The van der Waals surface area contributed by atoms with Crippen LogP contribution in [0.5, 0.6) is 0 Å². The molecule has 1 saturated heterocycles. The van der Waals surface area contributed by atoms with Crippen molar-refractivity contribution >= 4 is 23.8 Å². The number of rotatable bonds is 8. The van der Waals surface area contributed by atoms with E-state index >= 15 is 0 Å². The van der Waals surface area contributed by atoms with Crippen LogP contribution in [0.2, 0.25) is 0 Å². The first-order chi connectivity index (χ1) is 15.0. The zero-order valence-electron chi connectivity index (χ0n) is 19.6. The molecule has 1 aliphatic rings. The molecule has 0 radical (unpaired) electrons. The summed E-state index contributed by atoms with van der Waals surface area (Å²) in [5, 5.41) is 18.1. The maximum absolute atomic E-state index is 12.8. The van der Waals surface area contributed by atoms with Gasteiger partial charge in [-0.3, -0.25) is 19.2 Å². The van der Waals surface area contributed by atoms with Gasteiger partial charge < -0.3 is 29.5 Å². The molecule has 0 bridgehead atoms. The molecule has 0 spiro atoms. The molecule has 1 fully saturated rings. The molecular weight excluding hydrogens is 420 g/mol. The van der Waals surface area contributed by atoms with E-state index in [1.165, 1.54) is 0 Å². The second-order valence-corrected chi connectivity index (χ2v) is 8.63. The molecule has 0 aromatic heterocycles. The number of carbonyl (C=O) groups is 4. The fourth-order valence-corrected chi connectivity index (χ4v) is 3.65. The second kappa shape index (κ2) is 14.1. The minimum Gasteiger partial charge on any atom is -0.481 e. The Morgan fingerprint density at radius 3 is 1.16 bits per heavy atom. The zero-order chi connectivity index (χ0) is 24.3. The molecule has 2 N–H and O–H groups in total. The quantitative estimate of drug-likeness (QED) is 0.554. The summed E-state index contributed by atoms with van der Waals surface area (Å²) in [5.74, 6) is -4.13.